The number of ether oxygens (including phenoxy) is 1. The maximum absolute atomic E-state index is 12.1. The molecule has 0 radical (unpaired) electrons. The third kappa shape index (κ3) is 3.95. The van der Waals surface area contributed by atoms with Gasteiger partial charge in [-0.25, -0.2) is 0 Å². The zero-order valence-electron chi connectivity index (χ0n) is 12.1. The molecule has 3 nitrogen and oxygen atoms in total. The van der Waals surface area contributed by atoms with Crippen LogP contribution in [0.4, 0.5) is 5.69 Å². The molecule has 19 heavy (non-hydrogen) atoms. The van der Waals surface area contributed by atoms with Crippen LogP contribution in [-0.4, -0.2) is 31.5 Å². The maximum Gasteiger partial charge on any atom is 0.242 e. The van der Waals surface area contributed by atoms with Gasteiger partial charge >= 0.3 is 0 Å². The molecule has 0 bridgehead atoms. The average molecular weight is 284 g/mol. The molecule has 1 atom stereocenters. The van der Waals surface area contributed by atoms with E-state index in [-0.39, 0.29) is 17.8 Å². The number of anilines is 1. The number of carbonyl (C=O) groups is 1. The van der Waals surface area contributed by atoms with Gasteiger partial charge < -0.3 is 9.64 Å². The van der Waals surface area contributed by atoms with Gasteiger partial charge in [-0.05, 0) is 37.5 Å². The predicted octanol–water partition coefficient (Wildman–Crippen LogP) is 3.16. The highest BCUT2D eigenvalue weighted by atomic mass is 35.5. The van der Waals surface area contributed by atoms with E-state index < -0.39 is 0 Å². The third-order valence-corrected chi connectivity index (χ3v) is 3.34. The zero-order valence-corrected chi connectivity index (χ0v) is 12.8. The fraction of sp³-hybridized carbons (Fsp3) is 0.533. The largest absolute Gasteiger partial charge is 0.383 e. The van der Waals surface area contributed by atoms with Gasteiger partial charge in [-0.3, -0.25) is 4.79 Å². The Morgan fingerprint density at radius 1 is 1.47 bits per heavy atom. The number of benzene rings is 1. The van der Waals surface area contributed by atoms with Gasteiger partial charge in [-0.15, -0.1) is 11.6 Å². The van der Waals surface area contributed by atoms with Crippen molar-refractivity contribution >= 4 is 23.2 Å². The number of amides is 1. The molecule has 0 fully saturated rings. The Balaban J connectivity index is 3.23. The Bertz CT molecular complexity index is 434. The quantitative estimate of drug-likeness (QED) is 0.751. The Morgan fingerprint density at radius 2 is 2.16 bits per heavy atom. The van der Waals surface area contributed by atoms with Gasteiger partial charge in [0.1, 0.15) is 5.88 Å². The summed E-state index contributed by atoms with van der Waals surface area (Å²) in [6.45, 7) is 6.56. The molecule has 0 aliphatic rings. The molecule has 0 N–H and O–H groups in total. The first-order valence-corrected chi connectivity index (χ1v) is 7.05. The lowest BCUT2D eigenvalue weighted by molar-refractivity contribution is -0.116. The van der Waals surface area contributed by atoms with E-state index in [9.17, 15) is 4.79 Å². The normalized spacial score (nSPS) is 12.3. The summed E-state index contributed by atoms with van der Waals surface area (Å²) in [4.78, 5) is 13.9. The molecular weight excluding hydrogens is 262 g/mol. The van der Waals surface area contributed by atoms with E-state index in [0.29, 0.717) is 6.61 Å². The van der Waals surface area contributed by atoms with E-state index in [1.165, 1.54) is 0 Å². The van der Waals surface area contributed by atoms with Crippen LogP contribution in [0.5, 0.6) is 0 Å². The summed E-state index contributed by atoms with van der Waals surface area (Å²) in [7, 11) is 1.64. The SMILES string of the molecule is CCc1ccc(C)cc1N(C(=O)CCl)C(C)COC. The smallest absolute Gasteiger partial charge is 0.242 e. The van der Waals surface area contributed by atoms with Crippen molar-refractivity contribution in [3.63, 3.8) is 0 Å². The van der Waals surface area contributed by atoms with Gasteiger partial charge in [0.25, 0.3) is 0 Å². The molecule has 106 valence electrons. The van der Waals surface area contributed by atoms with Crippen LogP contribution < -0.4 is 4.90 Å². The van der Waals surface area contributed by atoms with Crippen LogP contribution in [0.2, 0.25) is 0 Å². The van der Waals surface area contributed by atoms with Crippen molar-refractivity contribution < 1.29 is 9.53 Å². The molecule has 0 heterocycles. The van der Waals surface area contributed by atoms with E-state index in [1.54, 1.807) is 12.0 Å². The van der Waals surface area contributed by atoms with Crippen molar-refractivity contribution in [3.8, 4) is 0 Å². The van der Waals surface area contributed by atoms with Crippen LogP contribution in [0.15, 0.2) is 18.2 Å². The number of alkyl halides is 1. The van der Waals surface area contributed by atoms with Gasteiger partial charge in [0.2, 0.25) is 5.91 Å². The number of methoxy groups -OCH3 is 1. The van der Waals surface area contributed by atoms with Crippen LogP contribution >= 0.6 is 11.6 Å². The van der Waals surface area contributed by atoms with Crippen LogP contribution in [0.1, 0.15) is 25.0 Å². The topological polar surface area (TPSA) is 29.5 Å². The molecule has 1 aromatic rings. The lowest BCUT2D eigenvalue weighted by Crippen LogP contribution is -2.42. The van der Waals surface area contributed by atoms with Crippen molar-refractivity contribution in [2.75, 3.05) is 24.5 Å². The summed E-state index contributed by atoms with van der Waals surface area (Å²) in [6, 6.07) is 6.13. The molecule has 4 heteroatoms. The van der Waals surface area contributed by atoms with Crippen LogP contribution in [0.3, 0.4) is 0 Å². The molecule has 1 unspecified atom stereocenters. The minimum atomic E-state index is -0.0912. The highest BCUT2D eigenvalue weighted by Crippen LogP contribution is 2.25. The first-order valence-electron chi connectivity index (χ1n) is 6.51. The number of rotatable bonds is 6. The molecular formula is C15H22ClNO2. The Kier molecular flexibility index (Phi) is 6.32. The minimum absolute atomic E-state index is 0.0227. The van der Waals surface area contributed by atoms with E-state index >= 15 is 0 Å². The molecule has 0 aliphatic heterocycles. The molecule has 0 aromatic heterocycles. The second-order valence-corrected chi connectivity index (χ2v) is 4.95. The standard InChI is InChI=1S/C15H22ClNO2/c1-5-13-7-6-11(2)8-14(13)17(15(18)9-16)12(3)10-19-4/h6-8,12H,5,9-10H2,1-4H3. The first kappa shape index (κ1) is 16.0. The summed E-state index contributed by atoms with van der Waals surface area (Å²) >= 11 is 5.74. The number of aryl methyl sites for hydroxylation is 2. The van der Waals surface area contributed by atoms with Crippen LogP contribution in [-0.2, 0) is 16.0 Å². The number of halogens is 1. The highest BCUT2D eigenvalue weighted by molar-refractivity contribution is 6.29. The molecule has 1 amide bonds. The maximum atomic E-state index is 12.1. The molecule has 0 aliphatic carbocycles. The Morgan fingerprint density at radius 3 is 2.68 bits per heavy atom. The van der Waals surface area contributed by atoms with Crippen LogP contribution in [0.25, 0.3) is 0 Å². The Labute approximate surface area is 120 Å². The zero-order chi connectivity index (χ0) is 14.4. The highest BCUT2D eigenvalue weighted by Gasteiger charge is 2.23. The number of hydrogen-bond donors (Lipinski definition) is 0. The van der Waals surface area contributed by atoms with Gasteiger partial charge in [0.05, 0.1) is 12.6 Å². The summed E-state index contributed by atoms with van der Waals surface area (Å²) in [6.07, 6.45) is 0.876. The minimum Gasteiger partial charge on any atom is -0.383 e. The first-order chi connectivity index (χ1) is 9.04. The van der Waals surface area contributed by atoms with Gasteiger partial charge in [-0.2, -0.15) is 0 Å². The fourth-order valence-corrected chi connectivity index (χ4v) is 2.32. The number of hydrogen-bond acceptors (Lipinski definition) is 2. The van der Waals surface area contributed by atoms with E-state index in [1.807, 2.05) is 19.9 Å². The molecule has 1 aromatic carbocycles. The molecule has 1 rings (SSSR count). The summed E-state index contributed by atoms with van der Waals surface area (Å²) in [5.41, 5.74) is 3.22. The lowest BCUT2D eigenvalue weighted by atomic mass is 10.0. The predicted molar refractivity (Wildman–Crippen MR) is 80.1 cm³/mol. The molecule has 0 spiro atoms. The lowest BCUT2D eigenvalue weighted by Gasteiger charge is -2.30. The summed E-state index contributed by atoms with van der Waals surface area (Å²) in [5, 5.41) is 0. The van der Waals surface area contributed by atoms with Crippen molar-refractivity contribution in [3.05, 3.63) is 29.3 Å². The van der Waals surface area contributed by atoms with Gasteiger partial charge in [0.15, 0.2) is 0 Å². The number of nitrogens with zero attached hydrogens (tertiary/aromatic N) is 1. The molecule has 0 saturated carbocycles. The van der Waals surface area contributed by atoms with Gasteiger partial charge in [-0.1, -0.05) is 19.1 Å². The fourth-order valence-electron chi connectivity index (χ4n) is 2.19. The summed E-state index contributed by atoms with van der Waals surface area (Å²) in [5.74, 6) is -0.114. The third-order valence-electron chi connectivity index (χ3n) is 3.11. The van der Waals surface area contributed by atoms with E-state index in [0.717, 1.165) is 23.2 Å². The second-order valence-electron chi connectivity index (χ2n) is 4.69. The summed E-state index contributed by atoms with van der Waals surface area (Å²) < 4.78 is 5.17. The monoisotopic (exact) mass is 283 g/mol. The van der Waals surface area contributed by atoms with Gasteiger partial charge in [0, 0.05) is 12.8 Å². The van der Waals surface area contributed by atoms with E-state index in [2.05, 4.69) is 19.1 Å². The molecule has 0 saturated heterocycles. The van der Waals surface area contributed by atoms with Crippen molar-refractivity contribution in [2.24, 2.45) is 0 Å². The van der Waals surface area contributed by atoms with E-state index in [4.69, 9.17) is 16.3 Å². The Hall–Kier alpha value is -1.06. The van der Waals surface area contributed by atoms with Crippen molar-refractivity contribution in [1.82, 2.24) is 0 Å². The van der Waals surface area contributed by atoms with Crippen molar-refractivity contribution in [2.45, 2.75) is 33.2 Å². The second kappa shape index (κ2) is 7.51. The number of carbonyl (C=O) groups excluding carboxylic acids is 1. The van der Waals surface area contributed by atoms with Crippen LogP contribution in [0, 0.1) is 6.92 Å². The van der Waals surface area contributed by atoms with Crippen molar-refractivity contribution in [1.29, 1.82) is 0 Å². The average Bonchev–Trinajstić information content (AvgIpc) is 2.39.